The average molecular weight is 391 g/mol. The number of aromatic nitrogens is 1. The summed E-state index contributed by atoms with van der Waals surface area (Å²) in [5.74, 6) is 1.23. The first kappa shape index (κ1) is 22.1. The number of piperazine rings is 1. The second kappa shape index (κ2) is 12.3. The Kier molecular flexibility index (Phi) is 9.76. The Labute approximate surface area is 168 Å². The smallest absolute Gasteiger partial charge is 0.248 e. The predicted octanol–water partition coefficient (Wildman–Crippen LogP) is 2.08. The molecular weight excluding hydrogens is 356 g/mol. The van der Waals surface area contributed by atoms with Gasteiger partial charge in [0.1, 0.15) is 19.0 Å². The number of nitrogens with zero attached hydrogens (tertiary/aromatic N) is 3. The summed E-state index contributed by atoms with van der Waals surface area (Å²) in [5.41, 5.74) is 0. The van der Waals surface area contributed by atoms with Crippen molar-refractivity contribution >= 4 is 17.6 Å². The minimum absolute atomic E-state index is 0.0515. The summed E-state index contributed by atoms with van der Waals surface area (Å²) in [7, 11) is 0. The second-order valence-electron chi connectivity index (χ2n) is 7.27. The molecule has 1 aliphatic rings. The molecule has 0 saturated carbocycles. The molecule has 0 bridgehead atoms. The number of unbranched alkanes of at least 4 members (excludes halogenated alkanes) is 1. The summed E-state index contributed by atoms with van der Waals surface area (Å²) in [6.07, 6.45) is 6.33. The van der Waals surface area contributed by atoms with Crippen molar-refractivity contribution in [2.75, 3.05) is 50.8 Å². The minimum Gasteiger partial charge on any atom is -0.362 e. The Morgan fingerprint density at radius 3 is 2.61 bits per heavy atom. The Hall–Kier alpha value is -2.15. The van der Waals surface area contributed by atoms with E-state index in [4.69, 9.17) is 4.74 Å². The normalized spacial score (nSPS) is 15.4. The number of anilines is 1. The third kappa shape index (κ3) is 7.46. The van der Waals surface area contributed by atoms with E-state index in [0.29, 0.717) is 25.6 Å². The third-order valence-electron chi connectivity index (χ3n) is 5.20. The molecule has 1 saturated heterocycles. The average Bonchev–Trinajstić information content (AvgIpc) is 2.74. The standard InChI is InChI=1S/C21H34N4O3/c1-3-5-8-18(4-2)15-23-20(26)16-28-17-21(27)25-13-11-24(12-14-25)19-9-6-7-10-22-19/h6-7,9-10,18H,3-5,8,11-17H2,1-2H3,(H,23,26). The van der Waals surface area contributed by atoms with E-state index in [2.05, 4.69) is 29.0 Å². The molecule has 1 atom stereocenters. The Balaban J connectivity index is 1.60. The highest BCUT2D eigenvalue weighted by molar-refractivity contribution is 5.79. The fraction of sp³-hybridized carbons (Fsp3) is 0.667. The molecule has 156 valence electrons. The molecule has 1 aliphatic heterocycles. The molecule has 0 radical (unpaired) electrons. The molecule has 7 heteroatoms. The lowest BCUT2D eigenvalue weighted by Crippen LogP contribution is -2.50. The van der Waals surface area contributed by atoms with Gasteiger partial charge >= 0.3 is 0 Å². The van der Waals surface area contributed by atoms with Crippen LogP contribution in [0.4, 0.5) is 5.82 Å². The van der Waals surface area contributed by atoms with Crippen LogP contribution in [0.2, 0.25) is 0 Å². The van der Waals surface area contributed by atoms with Gasteiger partial charge in [-0.2, -0.15) is 0 Å². The topological polar surface area (TPSA) is 74.8 Å². The van der Waals surface area contributed by atoms with E-state index >= 15 is 0 Å². The fourth-order valence-electron chi connectivity index (χ4n) is 3.30. The first-order valence-electron chi connectivity index (χ1n) is 10.4. The van der Waals surface area contributed by atoms with E-state index in [1.165, 1.54) is 12.8 Å². The number of pyridine rings is 1. The summed E-state index contributed by atoms with van der Waals surface area (Å²) >= 11 is 0. The van der Waals surface area contributed by atoms with E-state index in [1.54, 1.807) is 11.1 Å². The number of rotatable bonds is 11. The fourth-order valence-corrected chi connectivity index (χ4v) is 3.30. The maximum absolute atomic E-state index is 12.3. The number of amides is 2. The molecule has 0 aliphatic carbocycles. The lowest BCUT2D eigenvalue weighted by molar-refractivity contribution is -0.138. The Bertz CT molecular complexity index is 589. The van der Waals surface area contributed by atoms with E-state index < -0.39 is 0 Å². The van der Waals surface area contributed by atoms with Crippen LogP contribution in [0, 0.1) is 5.92 Å². The van der Waals surface area contributed by atoms with Crippen molar-refractivity contribution in [2.45, 2.75) is 39.5 Å². The molecule has 28 heavy (non-hydrogen) atoms. The van der Waals surface area contributed by atoms with Crippen molar-refractivity contribution in [3.63, 3.8) is 0 Å². The number of hydrogen-bond acceptors (Lipinski definition) is 5. The number of carbonyl (C=O) groups excluding carboxylic acids is 2. The van der Waals surface area contributed by atoms with E-state index in [9.17, 15) is 9.59 Å². The highest BCUT2D eigenvalue weighted by Gasteiger charge is 2.22. The summed E-state index contributed by atoms with van der Waals surface area (Å²) in [5, 5.41) is 2.92. The first-order chi connectivity index (χ1) is 13.6. The zero-order valence-electron chi connectivity index (χ0n) is 17.2. The lowest BCUT2D eigenvalue weighted by atomic mass is 9.99. The van der Waals surface area contributed by atoms with Gasteiger partial charge in [-0.3, -0.25) is 9.59 Å². The molecule has 2 heterocycles. The molecule has 1 unspecified atom stereocenters. The van der Waals surface area contributed by atoms with Crippen LogP contribution in [0.5, 0.6) is 0 Å². The largest absolute Gasteiger partial charge is 0.362 e. The highest BCUT2D eigenvalue weighted by atomic mass is 16.5. The molecule has 1 aromatic rings. The van der Waals surface area contributed by atoms with Gasteiger partial charge in [0.05, 0.1) is 0 Å². The number of nitrogens with one attached hydrogen (secondary N) is 1. The van der Waals surface area contributed by atoms with Crippen molar-refractivity contribution in [1.82, 2.24) is 15.2 Å². The zero-order chi connectivity index (χ0) is 20.2. The third-order valence-corrected chi connectivity index (χ3v) is 5.20. The van der Waals surface area contributed by atoms with Gasteiger partial charge in [-0.15, -0.1) is 0 Å². The van der Waals surface area contributed by atoms with Gasteiger partial charge in [0.15, 0.2) is 0 Å². The summed E-state index contributed by atoms with van der Waals surface area (Å²) in [4.78, 5) is 32.5. The molecule has 1 N–H and O–H groups in total. The van der Waals surface area contributed by atoms with Gasteiger partial charge in [-0.05, 0) is 24.5 Å². The van der Waals surface area contributed by atoms with Crippen LogP contribution in [0.1, 0.15) is 39.5 Å². The van der Waals surface area contributed by atoms with Crippen LogP contribution in [-0.4, -0.2) is 67.6 Å². The van der Waals surface area contributed by atoms with E-state index in [0.717, 1.165) is 31.7 Å². The van der Waals surface area contributed by atoms with E-state index in [1.807, 2.05) is 18.2 Å². The van der Waals surface area contributed by atoms with E-state index in [-0.39, 0.29) is 25.0 Å². The lowest BCUT2D eigenvalue weighted by Gasteiger charge is -2.35. The van der Waals surface area contributed by atoms with Crippen LogP contribution < -0.4 is 10.2 Å². The Morgan fingerprint density at radius 1 is 1.18 bits per heavy atom. The van der Waals surface area contributed by atoms with Gasteiger partial charge in [0, 0.05) is 38.9 Å². The maximum Gasteiger partial charge on any atom is 0.248 e. The molecule has 1 aromatic heterocycles. The summed E-state index contributed by atoms with van der Waals surface area (Å²) in [6, 6.07) is 5.83. The van der Waals surface area contributed by atoms with Crippen LogP contribution in [-0.2, 0) is 14.3 Å². The summed E-state index contributed by atoms with van der Waals surface area (Å²) < 4.78 is 5.34. The van der Waals surface area contributed by atoms with Gasteiger partial charge in [-0.1, -0.05) is 39.2 Å². The van der Waals surface area contributed by atoms with Crippen LogP contribution in [0.15, 0.2) is 24.4 Å². The predicted molar refractivity (Wildman–Crippen MR) is 110 cm³/mol. The quantitative estimate of drug-likeness (QED) is 0.626. The summed E-state index contributed by atoms with van der Waals surface area (Å²) in [6.45, 7) is 7.67. The molecule has 7 nitrogen and oxygen atoms in total. The van der Waals surface area contributed by atoms with Gasteiger partial charge < -0.3 is 19.9 Å². The van der Waals surface area contributed by atoms with Gasteiger partial charge in [0.2, 0.25) is 11.8 Å². The van der Waals surface area contributed by atoms with Gasteiger partial charge in [0.25, 0.3) is 0 Å². The van der Waals surface area contributed by atoms with Crippen molar-refractivity contribution < 1.29 is 14.3 Å². The van der Waals surface area contributed by atoms with Crippen LogP contribution in [0.3, 0.4) is 0 Å². The number of hydrogen-bond donors (Lipinski definition) is 1. The molecule has 0 spiro atoms. The maximum atomic E-state index is 12.3. The van der Waals surface area contributed by atoms with Crippen molar-refractivity contribution in [2.24, 2.45) is 5.92 Å². The Morgan fingerprint density at radius 2 is 1.96 bits per heavy atom. The molecule has 1 fully saturated rings. The molecule has 2 amide bonds. The van der Waals surface area contributed by atoms with Crippen LogP contribution in [0.25, 0.3) is 0 Å². The molecular formula is C21H34N4O3. The monoisotopic (exact) mass is 390 g/mol. The van der Waals surface area contributed by atoms with Crippen molar-refractivity contribution in [3.8, 4) is 0 Å². The second-order valence-corrected chi connectivity index (χ2v) is 7.27. The SMILES string of the molecule is CCCCC(CC)CNC(=O)COCC(=O)N1CCN(c2ccccn2)CC1. The van der Waals surface area contributed by atoms with Crippen molar-refractivity contribution in [3.05, 3.63) is 24.4 Å². The van der Waals surface area contributed by atoms with Gasteiger partial charge in [-0.25, -0.2) is 4.98 Å². The zero-order valence-corrected chi connectivity index (χ0v) is 17.2. The minimum atomic E-state index is -0.150. The molecule has 2 rings (SSSR count). The number of carbonyl (C=O) groups is 2. The highest BCUT2D eigenvalue weighted by Crippen LogP contribution is 2.13. The first-order valence-corrected chi connectivity index (χ1v) is 10.4. The number of ether oxygens (including phenoxy) is 1. The van der Waals surface area contributed by atoms with Crippen LogP contribution >= 0.6 is 0 Å². The van der Waals surface area contributed by atoms with Crippen molar-refractivity contribution in [1.29, 1.82) is 0 Å². The molecule has 0 aromatic carbocycles.